The summed E-state index contributed by atoms with van der Waals surface area (Å²) >= 11 is 0. The maximum Gasteiger partial charge on any atom is 0.153 e. The molecule has 0 heterocycles. The van der Waals surface area contributed by atoms with Crippen molar-refractivity contribution in [2.45, 2.75) is 26.3 Å². The van der Waals surface area contributed by atoms with Crippen LogP contribution in [0.3, 0.4) is 0 Å². The predicted molar refractivity (Wildman–Crippen MR) is 61.2 cm³/mol. The van der Waals surface area contributed by atoms with Gasteiger partial charge in [0.05, 0.1) is 17.3 Å². The second kappa shape index (κ2) is 4.80. The van der Waals surface area contributed by atoms with Crippen molar-refractivity contribution in [1.82, 2.24) is 0 Å². The Hall–Kier alpha value is -0.140. The zero-order chi connectivity index (χ0) is 12.3. The largest absolute Gasteiger partial charge is 0.325 e. The van der Waals surface area contributed by atoms with Gasteiger partial charge in [0.25, 0.3) is 0 Å². The Kier molecular flexibility index (Phi) is 4.75. The quantitative estimate of drug-likeness (QED) is 0.697. The van der Waals surface area contributed by atoms with Crippen molar-refractivity contribution in [2.75, 3.05) is 23.0 Å². The van der Waals surface area contributed by atoms with Crippen LogP contribution in [0.5, 0.6) is 0 Å². The van der Waals surface area contributed by atoms with Crippen LogP contribution in [-0.2, 0) is 19.7 Å². The molecule has 0 aromatic rings. The van der Waals surface area contributed by atoms with E-state index in [-0.39, 0.29) is 23.0 Å². The summed E-state index contributed by atoms with van der Waals surface area (Å²) in [6.07, 6.45) is 0. The van der Waals surface area contributed by atoms with Crippen LogP contribution < -0.4 is 5.73 Å². The molecule has 0 aliphatic heterocycles. The van der Waals surface area contributed by atoms with E-state index in [1.54, 1.807) is 13.8 Å². The summed E-state index contributed by atoms with van der Waals surface area (Å²) in [5.74, 6) is -0.889. The monoisotopic (exact) mass is 257 g/mol. The Labute approximate surface area is 91.9 Å². The van der Waals surface area contributed by atoms with Gasteiger partial charge in [0.2, 0.25) is 0 Å². The van der Waals surface area contributed by atoms with Gasteiger partial charge in [-0.3, -0.25) is 0 Å². The molecule has 92 valence electrons. The van der Waals surface area contributed by atoms with Crippen molar-refractivity contribution in [3.63, 3.8) is 0 Å². The van der Waals surface area contributed by atoms with Crippen molar-refractivity contribution in [1.29, 1.82) is 0 Å². The Bertz CT molecular complexity index is 389. The average molecular weight is 257 g/mol. The molecule has 0 fully saturated rings. The summed E-state index contributed by atoms with van der Waals surface area (Å²) in [6.45, 7) is 4.69. The van der Waals surface area contributed by atoms with Crippen molar-refractivity contribution >= 4 is 19.7 Å². The minimum absolute atomic E-state index is 0.0332. The van der Waals surface area contributed by atoms with Gasteiger partial charge in [0, 0.05) is 11.3 Å². The van der Waals surface area contributed by atoms with E-state index in [0.29, 0.717) is 0 Å². The molecule has 0 atom stereocenters. The van der Waals surface area contributed by atoms with E-state index in [9.17, 15) is 16.8 Å². The SMILES string of the molecule is CCS(=O)(=O)CCS(=O)(=O)CC(C)(C)N. The predicted octanol–water partition coefficient (Wildman–Crippen LogP) is -0.427. The van der Waals surface area contributed by atoms with Crippen LogP contribution in [0.25, 0.3) is 0 Å². The van der Waals surface area contributed by atoms with Gasteiger partial charge < -0.3 is 5.73 Å². The fourth-order valence-electron chi connectivity index (χ4n) is 1.04. The van der Waals surface area contributed by atoms with E-state index >= 15 is 0 Å². The molecule has 0 rings (SSSR count). The topological polar surface area (TPSA) is 94.3 Å². The molecule has 7 heteroatoms. The van der Waals surface area contributed by atoms with Crippen molar-refractivity contribution in [3.8, 4) is 0 Å². The Morgan fingerprint density at radius 2 is 1.40 bits per heavy atom. The summed E-state index contributed by atoms with van der Waals surface area (Å²) in [4.78, 5) is 0. The lowest BCUT2D eigenvalue weighted by molar-refractivity contribution is 0.544. The summed E-state index contributed by atoms with van der Waals surface area (Å²) < 4.78 is 45.2. The summed E-state index contributed by atoms with van der Waals surface area (Å²) in [5, 5.41) is 0. The highest BCUT2D eigenvalue weighted by Gasteiger charge is 2.23. The van der Waals surface area contributed by atoms with Crippen LogP contribution >= 0.6 is 0 Å². The molecule has 0 saturated heterocycles. The molecular weight excluding hydrogens is 238 g/mol. The number of sulfone groups is 2. The fourth-order valence-corrected chi connectivity index (χ4v) is 4.64. The average Bonchev–Trinajstić information content (AvgIpc) is 1.97. The maximum atomic E-state index is 11.5. The van der Waals surface area contributed by atoms with E-state index in [1.807, 2.05) is 0 Å². The molecule has 0 saturated carbocycles. The van der Waals surface area contributed by atoms with E-state index < -0.39 is 25.2 Å². The standard InChI is InChI=1S/C8H19NO4S2/c1-4-14(10,11)5-6-15(12,13)7-8(2,3)9/h4-7,9H2,1-3H3. The van der Waals surface area contributed by atoms with Gasteiger partial charge in [-0.25, -0.2) is 16.8 Å². The number of rotatable bonds is 6. The lowest BCUT2D eigenvalue weighted by Crippen LogP contribution is -2.41. The number of nitrogens with two attached hydrogens (primary N) is 1. The van der Waals surface area contributed by atoms with E-state index in [0.717, 1.165) is 0 Å². The molecule has 0 amide bonds. The van der Waals surface area contributed by atoms with Crippen LogP contribution in [0.2, 0.25) is 0 Å². The van der Waals surface area contributed by atoms with Gasteiger partial charge in [-0.15, -0.1) is 0 Å². The first kappa shape index (κ1) is 14.9. The zero-order valence-electron chi connectivity index (χ0n) is 9.36. The fraction of sp³-hybridized carbons (Fsp3) is 1.00. The van der Waals surface area contributed by atoms with Gasteiger partial charge in [-0.1, -0.05) is 6.92 Å². The normalized spacial score (nSPS) is 14.1. The molecule has 5 nitrogen and oxygen atoms in total. The molecule has 0 aromatic heterocycles. The van der Waals surface area contributed by atoms with E-state index in [2.05, 4.69) is 0 Å². The first-order valence-corrected chi connectivity index (χ1v) is 8.31. The minimum Gasteiger partial charge on any atom is -0.325 e. The Morgan fingerprint density at radius 3 is 1.73 bits per heavy atom. The van der Waals surface area contributed by atoms with Gasteiger partial charge in [0.15, 0.2) is 19.7 Å². The molecule has 0 aliphatic rings. The number of hydrogen-bond donors (Lipinski definition) is 1. The van der Waals surface area contributed by atoms with Gasteiger partial charge in [0.1, 0.15) is 0 Å². The van der Waals surface area contributed by atoms with Crippen LogP contribution in [0.1, 0.15) is 20.8 Å². The van der Waals surface area contributed by atoms with E-state index in [4.69, 9.17) is 5.73 Å². The molecule has 0 bridgehead atoms. The zero-order valence-corrected chi connectivity index (χ0v) is 11.0. The maximum absolute atomic E-state index is 11.5. The Balaban J connectivity index is 4.44. The molecular formula is C8H19NO4S2. The van der Waals surface area contributed by atoms with Gasteiger partial charge >= 0.3 is 0 Å². The lowest BCUT2D eigenvalue weighted by Gasteiger charge is -2.17. The molecule has 0 spiro atoms. The molecule has 2 N–H and O–H groups in total. The van der Waals surface area contributed by atoms with Gasteiger partial charge in [-0.2, -0.15) is 0 Å². The molecule has 15 heavy (non-hydrogen) atoms. The highest BCUT2D eigenvalue weighted by molar-refractivity contribution is 7.95. The van der Waals surface area contributed by atoms with Crippen LogP contribution in [0.4, 0.5) is 0 Å². The van der Waals surface area contributed by atoms with Gasteiger partial charge in [-0.05, 0) is 13.8 Å². The summed E-state index contributed by atoms with van der Waals surface area (Å²) in [7, 11) is -6.61. The highest BCUT2D eigenvalue weighted by atomic mass is 32.2. The summed E-state index contributed by atoms with van der Waals surface area (Å²) in [6, 6.07) is 0. The second-order valence-corrected chi connectivity index (χ2v) is 8.97. The summed E-state index contributed by atoms with van der Waals surface area (Å²) in [5.41, 5.74) is 4.74. The molecule has 0 aliphatic carbocycles. The first-order valence-electron chi connectivity index (χ1n) is 4.67. The molecule has 0 unspecified atom stereocenters. The molecule has 0 aromatic carbocycles. The first-order chi connectivity index (χ1) is 6.47. The van der Waals surface area contributed by atoms with Crippen LogP contribution in [0.15, 0.2) is 0 Å². The van der Waals surface area contributed by atoms with Crippen LogP contribution in [0, 0.1) is 0 Å². The smallest absolute Gasteiger partial charge is 0.153 e. The minimum atomic E-state index is -3.39. The molecule has 0 radical (unpaired) electrons. The lowest BCUT2D eigenvalue weighted by atomic mass is 10.1. The van der Waals surface area contributed by atoms with Crippen molar-refractivity contribution < 1.29 is 16.8 Å². The van der Waals surface area contributed by atoms with Crippen LogP contribution in [-0.4, -0.2) is 45.4 Å². The third-order valence-electron chi connectivity index (χ3n) is 1.74. The second-order valence-electron chi connectivity index (χ2n) is 4.32. The highest BCUT2D eigenvalue weighted by Crippen LogP contribution is 2.04. The third kappa shape index (κ3) is 7.75. The van der Waals surface area contributed by atoms with E-state index in [1.165, 1.54) is 6.92 Å². The third-order valence-corrected chi connectivity index (χ3v) is 5.71. The Morgan fingerprint density at radius 1 is 1.00 bits per heavy atom. The number of hydrogen-bond acceptors (Lipinski definition) is 5. The van der Waals surface area contributed by atoms with Crippen molar-refractivity contribution in [2.24, 2.45) is 5.73 Å². The van der Waals surface area contributed by atoms with Crippen molar-refractivity contribution in [3.05, 3.63) is 0 Å².